The summed E-state index contributed by atoms with van der Waals surface area (Å²) in [4.78, 5) is 24.0. The van der Waals surface area contributed by atoms with E-state index < -0.39 is 5.97 Å². The maximum absolute atomic E-state index is 11.2. The number of nitrogens with zero attached hydrogens (tertiary/aromatic N) is 1. The maximum Gasteiger partial charge on any atom is 0.308 e. The van der Waals surface area contributed by atoms with E-state index >= 15 is 0 Å². The van der Waals surface area contributed by atoms with E-state index in [0.717, 1.165) is 12.8 Å². The minimum Gasteiger partial charge on any atom is -0.481 e. The van der Waals surface area contributed by atoms with Crippen molar-refractivity contribution in [2.45, 2.75) is 25.8 Å². The Balaban J connectivity index is 2.51. The Labute approximate surface area is 89.4 Å². The summed E-state index contributed by atoms with van der Waals surface area (Å²) in [5, 5.41) is 11.5. The SMILES string of the molecule is CCN(CC(=O)NC)C1CCC1C(=O)O. The molecule has 1 rings (SSSR count). The summed E-state index contributed by atoms with van der Waals surface area (Å²) in [6.45, 7) is 2.95. The van der Waals surface area contributed by atoms with Crippen LogP contribution in [-0.4, -0.2) is 48.1 Å². The summed E-state index contributed by atoms with van der Waals surface area (Å²) in [6, 6.07) is 0.0322. The van der Waals surface area contributed by atoms with Crippen molar-refractivity contribution in [3.63, 3.8) is 0 Å². The molecular formula is C10H18N2O3. The van der Waals surface area contributed by atoms with E-state index in [4.69, 9.17) is 5.11 Å². The van der Waals surface area contributed by atoms with Gasteiger partial charge in [-0.3, -0.25) is 14.5 Å². The number of carboxylic acids is 1. The molecule has 5 heteroatoms. The topological polar surface area (TPSA) is 69.6 Å². The zero-order chi connectivity index (χ0) is 11.4. The Hall–Kier alpha value is -1.10. The number of hydrogen-bond donors (Lipinski definition) is 2. The number of amides is 1. The van der Waals surface area contributed by atoms with Crippen LogP contribution in [0, 0.1) is 5.92 Å². The fourth-order valence-electron chi connectivity index (χ4n) is 1.93. The lowest BCUT2D eigenvalue weighted by Gasteiger charge is -2.41. The van der Waals surface area contributed by atoms with Crippen LogP contribution in [0.4, 0.5) is 0 Å². The highest BCUT2D eigenvalue weighted by Gasteiger charge is 2.40. The first-order valence-electron chi connectivity index (χ1n) is 5.27. The minimum absolute atomic E-state index is 0.0322. The molecule has 1 aliphatic carbocycles. The Morgan fingerprint density at radius 2 is 2.13 bits per heavy atom. The average molecular weight is 214 g/mol. The van der Waals surface area contributed by atoms with Gasteiger partial charge in [-0.25, -0.2) is 0 Å². The Morgan fingerprint density at radius 1 is 1.47 bits per heavy atom. The minimum atomic E-state index is -0.749. The van der Waals surface area contributed by atoms with Crippen LogP contribution in [0.25, 0.3) is 0 Å². The lowest BCUT2D eigenvalue weighted by Crippen LogP contribution is -2.52. The smallest absolute Gasteiger partial charge is 0.308 e. The van der Waals surface area contributed by atoms with Gasteiger partial charge in [-0.05, 0) is 19.4 Å². The molecule has 0 spiro atoms. The highest BCUT2D eigenvalue weighted by atomic mass is 16.4. The van der Waals surface area contributed by atoms with Gasteiger partial charge in [-0.15, -0.1) is 0 Å². The van der Waals surface area contributed by atoms with Gasteiger partial charge in [0, 0.05) is 13.1 Å². The Bertz CT molecular complexity index is 255. The summed E-state index contributed by atoms with van der Waals surface area (Å²) >= 11 is 0. The highest BCUT2D eigenvalue weighted by Crippen LogP contribution is 2.32. The quantitative estimate of drug-likeness (QED) is 0.671. The lowest BCUT2D eigenvalue weighted by atomic mass is 9.78. The largest absolute Gasteiger partial charge is 0.481 e. The van der Waals surface area contributed by atoms with Gasteiger partial charge in [-0.1, -0.05) is 6.92 Å². The molecule has 5 nitrogen and oxygen atoms in total. The molecule has 0 aromatic rings. The van der Waals surface area contributed by atoms with E-state index in [9.17, 15) is 9.59 Å². The van der Waals surface area contributed by atoms with Crippen molar-refractivity contribution in [3.8, 4) is 0 Å². The van der Waals surface area contributed by atoms with E-state index in [-0.39, 0.29) is 17.9 Å². The van der Waals surface area contributed by atoms with Crippen LogP contribution < -0.4 is 5.32 Å². The van der Waals surface area contributed by atoms with Gasteiger partial charge in [0.15, 0.2) is 0 Å². The van der Waals surface area contributed by atoms with Crippen LogP contribution in [0.15, 0.2) is 0 Å². The summed E-state index contributed by atoms with van der Waals surface area (Å²) in [5.74, 6) is -1.11. The van der Waals surface area contributed by atoms with E-state index in [0.29, 0.717) is 13.1 Å². The molecule has 2 atom stereocenters. The van der Waals surface area contributed by atoms with Gasteiger partial charge < -0.3 is 10.4 Å². The lowest BCUT2D eigenvalue weighted by molar-refractivity contribution is -0.149. The first-order chi connectivity index (χ1) is 7.10. The molecule has 0 radical (unpaired) electrons. The Kier molecular flexibility index (Phi) is 4.08. The third kappa shape index (κ3) is 2.68. The van der Waals surface area contributed by atoms with Crippen LogP contribution >= 0.6 is 0 Å². The second kappa shape index (κ2) is 5.11. The molecule has 86 valence electrons. The second-order valence-corrected chi connectivity index (χ2v) is 3.83. The molecule has 1 saturated carbocycles. The number of hydrogen-bond acceptors (Lipinski definition) is 3. The molecule has 1 aliphatic rings. The third-order valence-electron chi connectivity index (χ3n) is 3.06. The maximum atomic E-state index is 11.2. The number of nitrogens with one attached hydrogen (secondary N) is 1. The molecule has 1 amide bonds. The zero-order valence-corrected chi connectivity index (χ0v) is 9.19. The van der Waals surface area contributed by atoms with Crippen LogP contribution in [0.3, 0.4) is 0 Å². The highest BCUT2D eigenvalue weighted by molar-refractivity contribution is 5.78. The summed E-state index contributed by atoms with van der Waals surface area (Å²) in [5.41, 5.74) is 0. The van der Waals surface area contributed by atoms with Gasteiger partial charge in [0.05, 0.1) is 12.5 Å². The van der Waals surface area contributed by atoms with Gasteiger partial charge in [-0.2, -0.15) is 0 Å². The van der Waals surface area contributed by atoms with Crippen molar-refractivity contribution in [3.05, 3.63) is 0 Å². The predicted molar refractivity (Wildman–Crippen MR) is 55.5 cm³/mol. The second-order valence-electron chi connectivity index (χ2n) is 3.83. The number of carbonyl (C=O) groups excluding carboxylic acids is 1. The summed E-state index contributed by atoms with van der Waals surface area (Å²) < 4.78 is 0. The molecule has 0 aliphatic heterocycles. The van der Waals surface area contributed by atoms with Crippen molar-refractivity contribution in [1.82, 2.24) is 10.2 Å². The number of carboxylic acid groups (broad SMARTS) is 1. The number of aliphatic carboxylic acids is 1. The Morgan fingerprint density at radius 3 is 2.47 bits per heavy atom. The van der Waals surface area contributed by atoms with Crippen molar-refractivity contribution in [2.75, 3.05) is 20.1 Å². The van der Waals surface area contributed by atoms with Gasteiger partial charge in [0.25, 0.3) is 0 Å². The first-order valence-corrected chi connectivity index (χ1v) is 5.27. The van der Waals surface area contributed by atoms with Crippen LogP contribution in [0.1, 0.15) is 19.8 Å². The molecule has 1 fully saturated rings. The summed E-state index contributed by atoms with van der Waals surface area (Å²) in [6.07, 6.45) is 1.60. The summed E-state index contributed by atoms with van der Waals surface area (Å²) in [7, 11) is 1.59. The van der Waals surface area contributed by atoms with Crippen LogP contribution in [0.5, 0.6) is 0 Å². The molecule has 15 heavy (non-hydrogen) atoms. The third-order valence-corrected chi connectivity index (χ3v) is 3.06. The van der Waals surface area contributed by atoms with Crippen molar-refractivity contribution in [2.24, 2.45) is 5.92 Å². The fourth-order valence-corrected chi connectivity index (χ4v) is 1.93. The first kappa shape index (κ1) is 12.0. The normalized spacial score (nSPS) is 24.7. The van der Waals surface area contributed by atoms with E-state index in [2.05, 4.69) is 5.32 Å². The van der Waals surface area contributed by atoms with Gasteiger partial charge in [0.1, 0.15) is 0 Å². The predicted octanol–water partition coefficient (Wildman–Crippen LogP) is -0.0825. The molecule has 0 aromatic heterocycles. The van der Waals surface area contributed by atoms with Crippen molar-refractivity contribution < 1.29 is 14.7 Å². The van der Waals surface area contributed by atoms with Gasteiger partial charge >= 0.3 is 5.97 Å². The monoisotopic (exact) mass is 214 g/mol. The molecule has 2 N–H and O–H groups in total. The van der Waals surface area contributed by atoms with E-state index in [1.54, 1.807) is 7.05 Å². The molecule has 2 unspecified atom stereocenters. The zero-order valence-electron chi connectivity index (χ0n) is 9.19. The van der Waals surface area contributed by atoms with Crippen LogP contribution in [-0.2, 0) is 9.59 Å². The van der Waals surface area contributed by atoms with E-state index in [1.165, 1.54) is 0 Å². The number of likely N-dealkylation sites (N-methyl/N-ethyl adjacent to an activating group) is 2. The standard InChI is InChI=1S/C10H18N2O3/c1-3-12(6-9(13)11-2)8-5-4-7(8)10(14)15/h7-8H,3-6H2,1-2H3,(H,11,13)(H,14,15). The molecule has 0 heterocycles. The van der Waals surface area contributed by atoms with Crippen molar-refractivity contribution >= 4 is 11.9 Å². The van der Waals surface area contributed by atoms with Gasteiger partial charge in [0.2, 0.25) is 5.91 Å². The van der Waals surface area contributed by atoms with Crippen LogP contribution in [0.2, 0.25) is 0 Å². The molecule has 0 aromatic carbocycles. The average Bonchev–Trinajstić information content (AvgIpc) is 2.13. The number of rotatable bonds is 5. The van der Waals surface area contributed by atoms with Crippen molar-refractivity contribution in [1.29, 1.82) is 0 Å². The number of carbonyl (C=O) groups is 2. The molecular weight excluding hydrogens is 196 g/mol. The molecule has 0 bridgehead atoms. The fraction of sp³-hybridized carbons (Fsp3) is 0.800. The van der Waals surface area contributed by atoms with E-state index in [1.807, 2.05) is 11.8 Å². The molecule has 0 saturated heterocycles.